The molecule has 0 saturated heterocycles. The molecule has 3 aromatic heterocycles. The number of H-pyrrole nitrogens is 2. The summed E-state index contributed by atoms with van der Waals surface area (Å²) in [6, 6.07) is 5.82. The number of nitrogens with one attached hydrogen (secondary N) is 4. The van der Waals surface area contributed by atoms with E-state index in [4.69, 9.17) is 0 Å². The van der Waals surface area contributed by atoms with E-state index in [1.54, 1.807) is 6.20 Å². The first kappa shape index (κ1) is 18.9. The summed E-state index contributed by atoms with van der Waals surface area (Å²) < 4.78 is 1.96. The molecule has 2 amide bonds. The summed E-state index contributed by atoms with van der Waals surface area (Å²) in [6.45, 7) is 0.433. The van der Waals surface area contributed by atoms with E-state index in [0.29, 0.717) is 12.4 Å². The van der Waals surface area contributed by atoms with Crippen molar-refractivity contribution in [3.8, 4) is 0 Å². The Labute approximate surface area is 166 Å². The Morgan fingerprint density at radius 3 is 2.79 bits per heavy atom. The average Bonchev–Trinajstić information content (AvgIpc) is 3.32. The number of imidazole rings is 1. The molecule has 1 fully saturated rings. The Balaban J connectivity index is 1.22. The molecule has 1 aliphatic carbocycles. The molecule has 0 bridgehead atoms. The molecule has 0 radical (unpaired) electrons. The highest BCUT2D eigenvalue weighted by Gasteiger charge is 2.27. The summed E-state index contributed by atoms with van der Waals surface area (Å²) in [5.74, 6) is 0.112. The topological polar surface area (TPSA) is 137 Å². The fourth-order valence-electron chi connectivity index (χ4n) is 3.76. The zero-order chi connectivity index (χ0) is 20.2. The number of aromatic nitrogens is 5. The van der Waals surface area contributed by atoms with Gasteiger partial charge in [0.2, 0.25) is 11.8 Å². The molecule has 3 aromatic rings. The largest absolute Gasteiger partial charge is 0.353 e. The Kier molecular flexibility index (Phi) is 5.41. The Morgan fingerprint density at radius 1 is 1.21 bits per heavy atom. The molecular formula is C19H23N7O3. The Morgan fingerprint density at radius 2 is 2.03 bits per heavy atom. The van der Waals surface area contributed by atoms with Crippen molar-refractivity contribution in [1.29, 1.82) is 0 Å². The van der Waals surface area contributed by atoms with E-state index in [1.807, 2.05) is 28.8 Å². The van der Waals surface area contributed by atoms with Crippen molar-refractivity contribution in [2.75, 3.05) is 0 Å². The number of amides is 2. The van der Waals surface area contributed by atoms with Gasteiger partial charge in [-0.2, -0.15) is 5.10 Å². The zero-order valence-electron chi connectivity index (χ0n) is 15.9. The van der Waals surface area contributed by atoms with E-state index in [-0.39, 0.29) is 30.2 Å². The summed E-state index contributed by atoms with van der Waals surface area (Å²) in [6.07, 6.45) is 6.67. The molecule has 10 heteroatoms. The number of aromatic amines is 2. The van der Waals surface area contributed by atoms with Crippen LogP contribution < -0.4 is 16.3 Å². The first-order valence-electron chi connectivity index (χ1n) is 9.70. The molecule has 3 heterocycles. The maximum Gasteiger partial charge on any atom is 0.340 e. The van der Waals surface area contributed by atoms with E-state index in [0.717, 1.165) is 37.0 Å². The maximum absolute atomic E-state index is 12.5. The van der Waals surface area contributed by atoms with Crippen LogP contribution in [-0.2, 0) is 22.6 Å². The van der Waals surface area contributed by atoms with Gasteiger partial charge in [0.25, 0.3) is 0 Å². The van der Waals surface area contributed by atoms with Crippen molar-refractivity contribution in [3.05, 3.63) is 52.6 Å². The van der Waals surface area contributed by atoms with Gasteiger partial charge in [0.1, 0.15) is 11.5 Å². The van der Waals surface area contributed by atoms with Crippen LogP contribution >= 0.6 is 0 Å². The van der Waals surface area contributed by atoms with E-state index >= 15 is 0 Å². The van der Waals surface area contributed by atoms with Gasteiger partial charge in [-0.15, -0.1) is 0 Å². The van der Waals surface area contributed by atoms with Crippen LogP contribution in [-0.4, -0.2) is 42.4 Å². The minimum Gasteiger partial charge on any atom is -0.353 e. The van der Waals surface area contributed by atoms with Crippen LogP contribution in [0.3, 0.4) is 0 Å². The minimum absolute atomic E-state index is 0.0263. The van der Waals surface area contributed by atoms with Gasteiger partial charge in [-0.25, -0.2) is 14.9 Å². The predicted molar refractivity (Wildman–Crippen MR) is 104 cm³/mol. The number of carbonyl (C=O) groups is 2. The van der Waals surface area contributed by atoms with Gasteiger partial charge in [-0.05, 0) is 37.8 Å². The van der Waals surface area contributed by atoms with Gasteiger partial charge in [0.05, 0.1) is 24.9 Å². The van der Waals surface area contributed by atoms with Gasteiger partial charge >= 0.3 is 5.69 Å². The number of hydrogen-bond acceptors (Lipinski definition) is 5. The van der Waals surface area contributed by atoms with Gasteiger partial charge < -0.3 is 15.0 Å². The lowest BCUT2D eigenvalue weighted by molar-refractivity contribution is -0.126. The summed E-state index contributed by atoms with van der Waals surface area (Å²) >= 11 is 0. The fourth-order valence-corrected chi connectivity index (χ4v) is 3.76. The van der Waals surface area contributed by atoms with Crippen LogP contribution in [0.5, 0.6) is 0 Å². The van der Waals surface area contributed by atoms with E-state index in [2.05, 4.69) is 30.8 Å². The molecule has 29 heavy (non-hydrogen) atoms. The summed E-state index contributed by atoms with van der Waals surface area (Å²) in [7, 11) is 0. The normalized spacial score (nSPS) is 19.2. The van der Waals surface area contributed by atoms with Crippen molar-refractivity contribution in [2.45, 2.75) is 44.7 Å². The zero-order valence-corrected chi connectivity index (χ0v) is 15.9. The van der Waals surface area contributed by atoms with Crippen LogP contribution in [0.25, 0.3) is 5.65 Å². The number of rotatable bonds is 6. The number of fused-ring (bicyclic) bond motifs is 1. The lowest BCUT2D eigenvalue weighted by Gasteiger charge is -2.28. The predicted octanol–water partition coefficient (Wildman–Crippen LogP) is 0.280. The third-order valence-corrected chi connectivity index (χ3v) is 5.28. The van der Waals surface area contributed by atoms with Crippen LogP contribution in [0.4, 0.5) is 0 Å². The molecule has 0 atom stereocenters. The van der Waals surface area contributed by atoms with Crippen molar-refractivity contribution in [3.63, 3.8) is 0 Å². The molecular weight excluding hydrogens is 374 g/mol. The van der Waals surface area contributed by atoms with Crippen LogP contribution in [0, 0.1) is 5.92 Å². The fraction of sp³-hybridized carbons (Fsp3) is 0.421. The monoisotopic (exact) mass is 397 g/mol. The summed E-state index contributed by atoms with van der Waals surface area (Å²) in [5.41, 5.74) is 1.36. The Bertz CT molecular complexity index is 1060. The average molecular weight is 397 g/mol. The number of nitrogens with zero attached hydrogens (tertiary/aromatic N) is 3. The van der Waals surface area contributed by atoms with Crippen LogP contribution in [0.15, 0.2) is 35.4 Å². The highest BCUT2D eigenvalue weighted by atomic mass is 16.2. The molecule has 1 aliphatic rings. The Hall–Kier alpha value is -3.43. The summed E-state index contributed by atoms with van der Waals surface area (Å²) in [5, 5.41) is 11.9. The molecule has 1 saturated carbocycles. The van der Waals surface area contributed by atoms with Crippen LogP contribution in [0.2, 0.25) is 0 Å². The van der Waals surface area contributed by atoms with Gasteiger partial charge in [0, 0.05) is 18.2 Å². The van der Waals surface area contributed by atoms with Gasteiger partial charge in [0.15, 0.2) is 0 Å². The highest BCUT2D eigenvalue weighted by Crippen LogP contribution is 2.24. The van der Waals surface area contributed by atoms with Crippen molar-refractivity contribution >= 4 is 17.5 Å². The second kappa shape index (κ2) is 8.29. The second-order valence-electron chi connectivity index (χ2n) is 7.31. The summed E-state index contributed by atoms with van der Waals surface area (Å²) in [4.78, 5) is 42.4. The number of hydrogen-bond donors (Lipinski definition) is 4. The van der Waals surface area contributed by atoms with Crippen molar-refractivity contribution < 1.29 is 9.59 Å². The van der Waals surface area contributed by atoms with E-state index in [9.17, 15) is 14.4 Å². The standard InChI is InChI=1S/C19H23N7O3/c27-17(9-15-23-19(29)25-24-15)22-13-6-4-12(5-7-13)18(28)21-11-14-10-20-16-3-1-2-8-26(14)16/h1-3,8,10,12-13H,4-7,9,11H2,(H,21,28)(H,22,27)(H2,23,24,25,29). The van der Waals surface area contributed by atoms with Gasteiger partial charge in [-0.3, -0.25) is 14.6 Å². The third kappa shape index (κ3) is 4.53. The van der Waals surface area contributed by atoms with Crippen molar-refractivity contribution in [2.24, 2.45) is 5.92 Å². The lowest BCUT2D eigenvalue weighted by atomic mass is 9.85. The lowest BCUT2D eigenvalue weighted by Crippen LogP contribution is -2.41. The molecule has 4 rings (SSSR count). The van der Waals surface area contributed by atoms with Crippen LogP contribution in [0.1, 0.15) is 37.2 Å². The smallest absolute Gasteiger partial charge is 0.340 e. The molecule has 0 unspecified atom stereocenters. The van der Waals surface area contributed by atoms with E-state index in [1.165, 1.54) is 0 Å². The SMILES string of the molecule is O=C(Cc1n[nH]c(=O)[nH]1)NC1CCC(C(=O)NCc2cnc3ccccn23)CC1. The molecule has 10 nitrogen and oxygen atoms in total. The number of carbonyl (C=O) groups excluding carboxylic acids is 2. The molecule has 0 aromatic carbocycles. The van der Waals surface area contributed by atoms with Gasteiger partial charge in [-0.1, -0.05) is 6.07 Å². The molecule has 0 aliphatic heterocycles. The van der Waals surface area contributed by atoms with Crippen molar-refractivity contribution in [1.82, 2.24) is 35.2 Å². The quantitative estimate of drug-likeness (QED) is 0.473. The minimum atomic E-state index is -0.428. The second-order valence-corrected chi connectivity index (χ2v) is 7.31. The molecule has 4 N–H and O–H groups in total. The first-order valence-corrected chi connectivity index (χ1v) is 9.70. The number of pyridine rings is 1. The van der Waals surface area contributed by atoms with E-state index < -0.39 is 5.69 Å². The first-order chi connectivity index (χ1) is 14.1. The molecule has 152 valence electrons. The third-order valence-electron chi connectivity index (χ3n) is 5.28. The highest BCUT2D eigenvalue weighted by molar-refractivity contribution is 5.79. The molecule has 0 spiro atoms. The maximum atomic E-state index is 12.5.